The highest BCUT2D eigenvalue weighted by atomic mass is 35.5. The van der Waals surface area contributed by atoms with Crippen molar-refractivity contribution in [3.8, 4) is 0 Å². The smallest absolute Gasteiger partial charge is 0.151 e. The zero-order valence-electron chi connectivity index (χ0n) is 9.37. The van der Waals surface area contributed by atoms with E-state index in [1.54, 1.807) is 6.07 Å². The number of aromatic nitrogens is 2. The Hall–Kier alpha value is -1.09. The number of rotatable bonds is 3. The van der Waals surface area contributed by atoms with Gasteiger partial charge in [-0.1, -0.05) is 13.0 Å². The van der Waals surface area contributed by atoms with Crippen LogP contribution in [0, 0.1) is 5.82 Å². The van der Waals surface area contributed by atoms with Gasteiger partial charge in [0.15, 0.2) is 5.82 Å². The first-order valence-corrected chi connectivity index (χ1v) is 5.87. The molecule has 1 aromatic heterocycles. The summed E-state index contributed by atoms with van der Waals surface area (Å²) in [7, 11) is 0. The summed E-state index contributed by atoms with van der Waals surface area (Å²) in [5, 5.41) is -0.210. The molecule has 0 radical (unpaired) electrons. The fourth-order valence-electron chi connectivity index (χ4n) is 1.89. The van der Waals surface area contributed by atoms with Crippen molar-refractivity contribution in [1.29, 1.82) is 0 Å². The van der Waals surface area contributed by atoms with Crippen LogP contribution in [0.5, 0.6) is 0 Å². The van der Waals surface area contributed by atoms with Crippen LogP contribution in [0.15, 0.2) is 18.2 Å². The standard InChI is InChI=1S/C12H14ClFN2/c1-3-7-16-10-6-4-5-9(14)11(10)15-12(16)8(2)13/h4-6,8H,3,7H2,1-2H3. The maximum atomic E-state index is 13.6. The van der Waals surface area contributed by atoms with Gasteiger partial charge in [0.2, 0.25) is 0 Å². The number of alkyl halides is 1. The zero-order valence-corrected chi connectivity index (χ0v) is 10.1. The number of nitrogens with zero attached hydrogens (tertiary/aromatic N) is 2. The highest BCUT2D eigenvalue weighted by Gasteiger charge is 2.16. The molecule has 1 atom stereocenters. The average Bonchev–Trinajstić information content (AvgIpc) is 2.60. The third-order valence-electron chi connectivity index (χ3n) is 2.56. The number of halogens is 2. The number of fused-ring (bicyclic) bond motifs is 1. The molecule has 0 saturated carbocycles. The molecule has 2 aromatic rings. The fraction of sp³-hybridized carbons (Fsp3) is 0.417. The van der Waals surface area contributed by atoms with Gasteiger partial charge >= 0.3 is 0 Å². The Kier molecular flexibility index (Phi) is 3.15. The van der Waals surface area contributed by atoms with E-state index in [0.29, 0.717) is 5.52 Å². The zero-order chi connectivity index (χ0) is 11.7. The monoisotopic (exact) mass is 240 g/mol. The van der Waals surface area contributed by atoms with Gasteiger partial charge in [0.25, 0.3) is 0 Å². The lowest BCUT2D eigenvalue weighted by Crippen LogP contribution is -2.03. The Balaban J connectivity index is 2.70. The van der Waals surface area contributed by atoms with Crippen molar-refractivity contribution in [3.63, 3.8) is 0 Å². The van der Waals surface area contributed by atoms with Crippen LogP contribution in [0.3, 0.4) is 0 Å². The van der Waals surface area contributed by atoms with Crippen LogP contribution in [0.1, 0.15) is 31.5 Å². The normalized spacial score (nSPS) is 13.2. The van der Waals surface area contributed by atoms with Crippen molar-refractivity contribution in [2.24, 2.45) is 0 Å². The molecule has 0 N–H and O–H groups in total. The highest BCUT2D eigenvalue weighted by molar-refractivity contribution is 6.20. The minimum absolute atomic E-state index is 0.210. The molecule has 1 unspecified atom stereocenters. The maximum Gasteiger partial charge on any atom is 0.151 e. The molecule has 2 nitrogen and oxygen atoms in total. The molecule has 0 saturated heterocycles. The molecule has 86 valence electrons. The molecular formula is C12H14ClFN2. The number of hydrogen-bond acceptors (Lipinski definition) is 1. The highest BCUT2D eigenvalue weighted by Crippen LogP contribution is 2.26. The molecule has 1 aromatic carbocycles. The predicted octanol–water partition coefficient (Wildman–Crippen LogP) is 3.89. The first-order chi connectivity index (χ1) is 7.65. The molecule has 0 spiro atoms. The summed E-state index contributed by atoms with van der Waals surface area (Å²) in [5.74, 6) is 0.453. The Morgan fingerprint density at radius 1 is 1.50 bits per heavy atom. The van der Waals surface area contributed by atoms with Crippen LogP contribution >= 0.6 is 11.6 Å². The SMILES string of the molecule is CCCn1c(C(C)Cl)nc2c(F)cccc21. The Labute approximate surface area is 99.0 Å². The quantitative estimate of drug-likeness (QED) is 0.745. The summed E-state index contributed by atoms with van der Waals surface area (Å²) in [6.45, 7) is 4.74. The van der Waals surface area contributed by atoms with Crippen LogP contribution in [0.2, 0.25) is 0 Å². The first kappa shape index (κ1) is 11.4. The van der Waals surface area contributed by atoms with E-state index in [2.05, 4.69) is 11.9 Å². The summed E-state index contributed by atoms with van der Waals surface area (Å²) in [6, 6.07) is 5.01. The van der Waals surface area contributed by atoms with Crippen LogP contribution in [-0.4, -0.2) is 9.55 Å². The van der Waals surface area contributed by atoms with E-state index >= 15 is 0 Å². The van der Waals surface area contributed by atoms with Crippen LogP contribution < -0.4 is 0 Å². The lowest BCUT2D eigenvalue weighted by molar-refractivity contribution is 0.637. The van der Waals surface area contributed by atoms with Crippen LogP contribution in [0.4, 0.5) is 4.39 Å². The molecule has 16 heavy (non-hydrogen) atoms. The molecule has 0 aliphatic carbocycles. The third-order valence-corrected chi connectivity index (χ3v) is 2.76. The number of aryl methyl sites for hydroxylation is 1. The number of imidazole rings is 1. The summed E-state index contributed by atoms with van der Waals surface area (Å²) in [5.41, 5.74) is 1.24. The summed E-state index contributed by atoms with van der Waals surface area (Å²) in [6.07, 6.45) is 0.971. The van der Waals surface area contributed by atoms with Gasteiger partial charge in [0.1, 0.15) is 11.3 Å². The van der Waals surface area contributed by atoms with Gasteiger partial charge in [-0.3, -0.25) is 0 Å². The molecule has 2 rings (SSSR count). The van der Waals surface area contributed by atoms with Crippen molar-refractivity contribution in [2.45, 2.75) is 32.2 Å². The molecule has 0 fully saturated rings. The van der Waals surface area contributed by atoms with Gasteiger partial charge in [-0.25, -0.2) is 9.37 Å². The summed E-state index contributed by atoms with van der Waals surface area (Å²) >= 11 is 6.06. The Bertz CT molecular complexity index is 505. The van der Waals surface area contributed by atoms with Crippen molar-refractivity contribution in [1.82, 2.24) is 9.55 Å². The van der Waals surface area contributed by atoms with E-state index < -0.39 is 0 Å². The average molecular weight is 241 g/mol. The van der Waals surface area contributed by atoms with E-state index in [9.17, 15) is 4.39 Å². The summed E-state index contributed by atoms with van der Waals surface area (Å²) < 4.78 is 15.6. The van der Waals surface area contributed by atoms with Crippen LogP contribution in [-0.2, 0) is 6.54 Å². The predicted molar refractivity (Wildman–Crippen MR) is 64.3 cm³/mol. The van der Waals surface area contributed by atoms with Gasteiger partial charge in [-0.05, 0) is 25.5 Å². The van der Waals surface area contributed by atoms with E-state index in [1.165, 1.54) is 6.07 Å². The molecule has 0 bridgehead atoms. The number of benzene rings is 1. The first-order valence-electron chi connectivity index (χ1n) is 5.44. The van der Waals surface area contributed by atoms with Gasteiger partial charge in [-0.2, -0.15) is 0 Å². The largest absolute Gasteiger partial charge is 0.327 e. The van der Waals surface area contributed by atoms with E-state index in [4.69, 9.17) is 11.6 Å². The Morgan fingerprint density at radius 3 is 2.88 bits per heavy atom. The topological polar surface area (TPSA) is 17.8 Å². The van der Waals surface area contributed by atoms with Crippen molar-refractivity contribution < 1.29 is 4.39 Å². The lowest BCUT2D eigenvalue weighted by atomic mass is 10.3. The minimum Gasteiger partial charge on any atom is -0.327 e. The summed E-state index contributed by atoms with van der Waals surface area (Å²) in [4.78, 5) is 4.29. The fourth-order valence-corrected chi connectivity index (χ4v) is 2.06. The molecule has 0 aliphatic heterocycles. The van der Waals surface area contributed by atoms with Crippen molar-refractivity contribution in [2.75, 3.05) is 0 Å². The lowest BCUT2D eigenvalue weighted by Gasteiger charge is -2.08. The number of para-hydroxylation sites is 1. The van der Waals surface area contributed by atoms with Gasteiger partial charge in [0, 0.05) is 6.54 Å². The van der Waals surface area contributed by atoms with Crippen molar-refractivity contribution >= 4 is 22.6 Å². The van der Waals surface area contributed by atoms with Gasteiger partial charge < -0.3 is 4.57 Å². The second-order valence-electron chi connectivity index (χ2n) is 3.85. The molecular weight excluding hydrogens is 227 g/mol. The molecule has 0 aliphatic rings. The van der Waals surface area contributed by atoms with E-state index in [0.717, 1.165) is 24.3 Å². The third kappa shape index (κ3) is 1.80. The van der Waals surface area contributed by atoms with Crippen LogP contribution in [0.25, 0.3) is 11.0 Å². The van der Waals surface area contributed by atoms with Crippen molar-refractivity contribution in [3.05, 3.63) is 29.8 Å². The molecule has 0 amide bonds. The van der Waals surface area contributed by atoms with Gasteiger partial charge in [-0.15, -0.1) is 11.6 Å². The molecule has 4 heteroatoms. The van der Waals surface area contributed by atoms with E-state index in [-0.39, 0.29) is 11.2 Å². The number of hydrogen-bond donors (Lipinski definition) is 0. The maximum absolute atomic E-state index is 13.6. The minimum atomic E-state index is -0.286. The second kappa shape index (κ2) is 4.42. The van der Waals surface area contributed by atoms with E-state index in [1.807, 2.05) is 17.6 Å². The molecule has 1 heterocycles. The second-order valence-corrected chi connectivity index (χ2v) is 4.50. The Morgan fingerprint density at radius 2 is 2.25 bits per heavy atom. The van der Waals surface area contributed by atoms with Gasteiger partial charge in [0.05, 0.1) is 10.9 Å².